The smallest absolute Gasteiger partial charge is 0.243 e. The number of hydrogen-bond donors (Lipinski definition) is 0. The summed E-state index contributed by atoms with van der Waals surface area (Å²) >= 11 is 0. The minimum atomic E-state index is -3.60. The summed E-state index contributed by atoms with van der Waals surface area (Å²) in [6.45, 7) is 4.00. The van der Waals surface area contributed by atoms with Gasteiger partial charge < -0.3 is 14.3 Å². The van der Waals surface area contributed by atoms with Gasteiger partial charge in [-0.2, -0.15) is 4.31 Å². The molecule has 0 radical (unpaired) electrons. The minimum Gasteiger partial charge on any atom is -0.542 e. The van der Waals surface area contributed by atoms with Crippen LogP contribution in [0.15, 0.2) is 27.5 Å². The minimum absolute atomic E-state index is 0.0336. The van der Waals surface area contributed by atoms with Crippen molar-refractivity contribution in [3.05, 3.63) is 29.5 Å². The average molecular weight is 336 g/mol. The van der Waals surface area contributed by atoms with E-state index in [1.165, 1.54) is 22.5 Å². The predicted octanol–water partition coefficient (Wildman–Crippen LogP) is 1.67. The summed E-state index contributed by atoms with van der Waals surface area (Å²) in [5, 5.41) is 11.5. The first-order chi connectivity index (χ1) is 10.8. The van der Waals surface area contributed by atoms with E-state index in [4.69, 9.17) is 4.42 Å². The lowest BCUT2D eigenvalue weighted by Gasteiger charge is -2.32. The standard InChI is InChI=1S/C16H19NO5S/c1-10-5-3-4-8-17(10)23(20,21)12-6-7-14-13(9-12)11(2)15(22-14)16(18)19/h6-7,9-10H,3-5,8H2,1-2H3,(H,18,19)/p-1. The summed E-state index contributed by atoms with van der Waals surface area (Å²) in [5.74, 6) is -1.67. The van der Waals surface area contributed by atoms with Crippen molar-refractivity contribution in [3.63, 3.8) is 0 Å². The Kier molecular flexibility index (Phi) is 3.93. The third kappa shape index (κ3) is 2.64. The van der Waals surface area contributed by atoms with Gasteiger partial charge in [0, 0.05) is 23.5 Å². The van der Waals surface area contributed by atoms with Crippen molar-refractivity contribution in [2.75, 3.05) is 6.54 Å². The quantitative estimate of drug-likeness (QED) is 0.850. The van der Waals surface area contributed by atoms with Crippen molar-refractivity contribution >= 4 is 27.0 Å². The van der Waals surface area contributed by atoms with Gasteiger partial charge in [-0.3, -0.25) is 0 Å². The maximum atomic E-state index is 12.9. The van der Waals surface area contributed by atoms with E-state index in [0.29, 0.717) is 23.1 Å². The van der Waals surface area contributed by atoms with Crippen LogP contribution in [0.4, 0.5) is 0 Å². The number of benzene rings is 1. The van der Waals surface area contributed by atoms with E-state index in [9.17, 15) is 18.3 Å². The summed E-state index contributed by atoms with van der Waals surface area (Å²) in [6.07, 6.45) is 2.73. The number of aromatic carboxylic acids is 1. The summed E-state index contributed by atoms with van der Waals surface area (Å²) in [7, 11) is -3.60. The average Bonchev–Trinajstić information content (AvgIpc) is 2.84. The number of carbonyl (C=O) groups excluding carboxylic acids is 1. The molecule has 0 amide bonds. The van der Waals surface area contributed by atoms with Gasteiger partial charge in [-0.1, -0.05) is 6.42 Å². The normalized spacial score (nSPS) is 20.0. The van der Waals surface area contributed by atoms with Gasteiger partial charge in [-0.05, 0) is 44.9 Å². The maximum absolute atomic E-state index is 12.9. The molecule has 7 heteroatoms. The Morgan fingerprint density at radius 1 is 1.35 bits per heavy atom. The molecule has 23 heavy (non-hydrogen) atoms. The molecule has 1 atom stereocenters. The van der Waals surface area contributed by atoms with Gasteiger partial charge in [-0.25, -0.2) is 8.42 Å². The first-order valence-corrected chi connectivity index (χ1v) is 9.02. The number of rotatable bonds is 3. The van der Waals surface area contributed by atoms with Crippen LogP contribution < -0.4 is 5.11 Å². The van der Waals surface area contributed by atoms with Crippen LogP contribution in [-0.4, -0.2) is 31.3 Å². The third-order valence-electron chi connectivity index (χ3n) is 4.44. The molecule has 2 aromatic rings. The number of hydrogen-bond acceptors (Lipinski definition) is 5. The molecule has 0 bridgehead atoms. The van der Waals surface area contributed by atoms with Crippen LogP contribution in [0.5, 0.6) is 0 Å². The molecule has 2 heterocycles. The molecule has 1 aliphatic rings. The Balaban J connectivity index is 2.09. The number of furan rings is 1. The van der Waals surface area contributed by atoms with Gasteiger partial charge in [0.25, 0.3) is 0 Å². The van der Waals surface area contributed by atoms with Crippen LogP contribution >= 0.6 is 0 Å². The molecule has 0 N–H and O–H groups in total. The molecular formula is C16H18NO5S-. The van der Waals surface area contributed by atoms with E-state index in [1.807, 2.05) is 6.92 Å². The second kappa shape index (κ2) is 5.65. The largest absolute Gasteiger partial charge is 0.542 e. The number of aryl methyl sites for hydroxylation is 1. The predicted molar refractivity (Wildman–Crippen MR) is 82.5 cm³/mol. The zero-order valence-electron chi connectivity index (χ0n) is 13.0. The van der Waals surface area contributed by atoms with E-state index in [-0.39, 0.29) is 16.7 Å². The van der Waals surface area contributed by atoms with Crippen molar-refractivity contribution in [3.8, 4) is 0 Å². The van der Waals surface area contributed by atoms with Crippen molar-refractivity contribution in [2.45, 2.75) is 44.0 Å². The second-order valence-electron chi connectivity index (χ2n) is 5.96. The Hall–Kier alpha value is -1.86. The molecule has 6 nitrogen and oxygen atoms in total. The Bertz CT molecular complexity index is 868. The molecule has 124 valence electrons. The van der Waals surface area contributed by atoms with E-state index >= 15 is 0 Å². The van der Waals surface area contributed by atoms with E-state index in [0.717, 1.165) is 19.3 Å². The fraction of sp³-hybridized carbons (Fsp3) is 0.438. The molecule has 1 unspecified atom stereocenters. The molecule has 1 fully saturated rings. The van der Waals surface area contributed by atoms with E-state index in [1.54, 1.807) is 6.92 Å². The number of piperidine rings is 1. The molecule has 1 aliphatic heterocycles. The zero-order chi connectivity index (χ0) is 16.8. The number of fused-ring (bicyclic) bond motifs is 1. The first-order valence-electron chi connectivity index (χ1n) is 7.58. The van der Waals surface area contributed by atoms with Gasteiger partial charge in [0.1, 0.15) is 11.6 Å². The molecule has 3 rings (SSSR count). The van der Waals surface area contributed by atoms with E-state index < -0.39 is 16.0 Å². The highest BCUT2D eigenvalue weighted by Crippen LogP contribution is 2.30. The highest BCUT2D eigenvalue weighted by molar-refractivity contribution is 7.89. The fourth-order valence-corrected chi connectivity index (χ4v) is 4.85. The van der Waals surface area contributed by atoms with Crippen LogP contribution in [0.3, 0.4) is 0 Å². The Morgan fingerprint density at radius 2 is 2.09 bits per heavy atom. The van der Waals surface area contributed by atoms with Crippen LogP contribution in [0.25, 0.3) is 11.0 Å². The fourth-order valence-electron chi connectivity index (χ4n) is 3.12. The number of carboxylic acids is 1. The lowest BCUT2D eigenvalue weighted by molar-refractivity contribution is -0.257. The first kappa shape index (κ1) is 16.0. The molecule has 0 spiro atoms. The highest BCUT2D eigenvalue weighted by Gasteiger charge is 2.31. The Morgan fingerprint density at radius 3 is 2.74 bits per heavy atom. The molecule has 0 saturated carbocycles. The molecule has 1 saturated heterocycles. The van der Waals surface area contributed by atoms with Gasteiger partial charge >= 0.3 is 0 Å². The SMILES string of the molecule is Cc1c(C(=O)[O-])oc2ccc(S(=O)(=O)N3CCCCC3C)cc12. The van der Waals surface area contributed by atoms with Crippen molar-refractivity contribution in [2.24, 2.45) is 0 Å². The van der Waals surface area contributed by atoms with Crippen molar-refractivity contribution in [1.29, 1.82) is 0 Å². The topological polar surface area (TPSA) is 90.6 Å². The zero-order valence-corrected chi connectivity index (χ0v) is 13.9. The number of sulfonamides is 1. The third-order valence-corrected chi connectivity index (χ3v) is 6.45. The molecule has 1 aromatic heterocycles. The summed E-state index contributed by atoms with van der Waals surface area (Å²) in [6, 6.07) is 4.41. The molecule has 1 aromatic carbocycles. The van der Waals surface area contributed by atoms with Gasteiger partial charge in [0.05, 0.1) is 4.90 Å². The van der Waals surface area contributed by atoms with Gasteiger partial charge in [0.2, 0.25) is 10.0 Å². The second-order valence-corrected chi connectivity index (χ2v) is 7.85. The molecule has 0 aliphatic carbocycles. The van der Waals surface area contributed by atoms with Crippen LogP contribution in [0.2, 0.25) is 0 Å². The van der Waals surface area contributed by atoms with Gasteiger partial charge in [0.15, 0.2) is 5.76 Å². The number of carbonyl (C=O) groups is 1. The maximum Gasteiger partial charge on any atom is 0.243 e. The summed E-state index contributed by atoms with van der Waals surface area (Å²) < 4.78 is 32.5. The lowest BCUT2D eigenvalue weighted by Crippen LogP contribution is -2.41. The van der Waals surface area contributed by atoms with Crippen LogP contribution in [0.1, 0.15) is 42.3 Å². The lowest BCUT2D eigenvalue weighted by atomic mass is 10.1. The highest BCUT2D eigenvalue weighted by atomic mass is 32.2. The van der Waals surface area contributed by atoms with Crippen molar-refractivity contribution < 1.29 is 22.7 Å². The molecular weight excluding hydrogens is 318 g/mol. The summed E-state index contributed by atoms with van der Waals surface area (Å²) in [4.78, 5) is 11.2. The summed E-state index contributed by atoms with van der Waals surface area (Å²) in [5.41, 5.74) is 0.719. The number of carboxylic acid groups (broad SMARTS) is 1. The van der Waals surface area contributed by atoms with E-state index in [2.05, 4.69) is 0 Å². The monoisotopic (exact) mass is 336 g/mol. The van der Waals surface area contributed by atoms with Crippen molar-refractivity contribution in [1.82, 2.24) is 4.31 Å². The van der Waals surface area contributed by atoms with Crippen LogP contribution in [-0.2, 0) is 10.0 Å². The Labute approximate surface area is 134 Å². The number of nitrogens with zero attached hydrogens (tertiary/aromatic N) is 1. The van der Waals surface area contributed by atoms with Crippen LogP contribution in [0, 0.1) is 6.92 Å². The van der Waals surface area contributed by atoms with Gasteiger partial charge in [-0.15, -0.1) is 0 Å².